The molecule has 0 fully saturated rings. The lowest BCUT2D eigenvalue weighted by molar-refractivity contribution is -0.142. The maximum Gasteiger partial charge on any atom is 0.319 e. The molecule has 1 rings (SSSR count). The van der Waals surface area contributed by atoms with E-state index in [1.54, 1.807) is 0 Å². The van der Waals surface area contributed by atoms with Gasteiger partial charge in [0.15, 0.2) is 0 Å². The fourth-order valence-electron chi connectivity index (χ4n) is 1.90. The van der Waals surface area contributed by atoms with Gasteiger partial charge in [-0.2, -0.15) is 5.10 Å². The zero-order chi connectivity index (χ0) is 14.3. The second-order valence-electron chi connectivity index (χ2n) is 4.83. The fraction of sp³-hybridized carbons (Fsp3) is 0.714. The Bertz CT molecular complexity index is 390. The van der Waals surface area contributed by atoms with E-state index in [2.05, 4.69) is 30.8 Å². The lowest BCUT2D eigenvalue weighted by Crippen LogP contribution is -2.31. The molecule has 0 saturated carbocycles. The minimum atomic E-state index is -0.199. The Labute approximate surface area is 115 Å². The van der Waals surface area contributed by atoms with E-state index in [9.17, 15) is 4.79 Å². The van der Waals surface area contributed by atoms with E-state index < -0.39 is 0 Å². The van der Waals surface area contributed by atoms with Crippen molar-refractivity contribution in [1.29, 1.82) is 0 Å². The Hall–Kier alpha value is -1.36. The van der Waals surface area contributed by atoms with Crippen LogP contribution in [0.5, 0.6) is 0 Å². The first-order valence-corrected chi connectivity index (χ1v) is 6.93. The van der Waals surface area contributed by atoms with Crippen molar-refractivity contribution in [3.63, 3.8) is 0 Å². The van der Waals surface area contributed by atoms with Crippen LogP contribution in [-0.4, -0.2) is 40.8 Å². The SMILES string of the molecule is CCCN(CC(=O)OC)Cc1ccn(C(C)CC)n1. The van der Waals surface area contributed by atoms with Gasteiger partial charge >= 0.3 is 5.97 Å². The van der Waals surface area contributed by atoms with Crippen molar-refractivity contribution in [2.75, 3.05) is 20.2 Å². The number of carbonyl (C=O) groups is 1. The molecule has 0 bridgehead atoms. The first-order valence-electron chi connectivity index (χ1n) is 6.93. The Morgan fingerprint density at radius 1 is 1.53 bits per heavy atom. The highest BCUT2D eigenvalue weighted by molar-refractivity contribution is 5.71. The van der Waals surface area contributed by atoms with Crippen LogP contribution >= 0.6 is 0 Å². The molecule has 5 heteroatoms. The maximum absolute atomic E-state index is 11.4. The minimum absolute atomic E-state index is 0.199. The van der Waals surface area contributed by atoms with Crippen molar-refractivity contribution >= 4 is 5.97 Å². The molecule has 108 valence electrons. The highest BCUT2D eigenvalue weighted by atomic mass is 16.5. The molecule has 0 saturated heterocycles. The summed E-state index contributed by atoms with van der Waals surface area (Å²) < 4.78 is 6.70. The summed E-state index contributed by atoms with van der Waals surface area (Å²) in [6.45, 7) is 8.27. The molecule has 0 aliphatic rings. The fourth-order valence-corrected chi connectivity index (χ4v) is 1.90. The third-order valence-electron chi connectivity index (χ3n) is 3.21. The Balaban J connectivity index is 2.62. The molecule has 0 aliphatic carbocycles. The summed E-state index contributed by atoms with van der Waals surface area (Å²) >= 11 is 0. The third-order valence-corrected chi connectivity index (χ3v) is 3.21. The second kappa shape index (κ2) is 7.94. The number of hydrogen-bond acceptors (Lipinski definition) is 4. The Morgan fingerprint density at radius 2 is 2.26 bits per heavy atom. The molecule has 0 radical (unpaired) electrons. The molecular weight excluding hydrogens is 242 g/mol. The van der Waals surface area contributed by atoms with Gasteiger partial charge in [0.05, 0.1) is 19.3 Å². The van der Waals surface area contributed by atoms with E-state index in [-0.39, 0.29) is 5.97 Å². The number of hydrogen-bond donors (Lipinski definition) is 0. The molecular formula is C14H25N3O2. The van der Waals surface area contributed by atoms with E-state index in [0.29, 0.717) is 19.1 Å². The molecule has 0 N–H and O–H groups in total. The summed E-state index contributed by atoms with van der Waals surface area (Å²) in [4.78, 5) is 13.4. The summed E-state index contributed by atoms with van der Waals surface area (Å²) in [5, 5.41) is 4.56. The van der Waals surface area contributed by atoms with Crippen LogP contribution in [0.3, 0.4) is 0 Å². The number of esters is 1. The Kier molecular flexibility index (Phi) is 6.56. The monoisotopic (exact) mass is 267 g/mol. The molecule has 5 nitrogen and oxygen atoms in total. The first-order chi connectivity index (χ1) is 9.10. The van der Waals surface area contributed by atoms with Crippen LogP contribution in [0, 0.1) is 0 Å². The van der Waals surface area contributed by atoms with Gasteiger partial charge in [-0.15, -0.1) is 0 Å². The highest BCUT2D eigenvalue weighted by Gasteiger charge is 2.13. The predicted molar refractivity (Wildman–Crippen MR) is 74.8 cm³/mol. The van der Waals surface area contributed by atoms with E-state index in [4.69, 9.17) is 4.74 Å². The highest BCUT2D eigenvalue weighted by Crippen LogP contribution is 2.10. The molecule has 0 amide bonds. The number of carbonyl (C=O) groups excluding carboxylic acids is 1. The zero-order valence-corrected chi connectivity index (χ0v) is 12.4. The van der Waals surface area contributed by atoms with Crippen LogP contribution in [0.15, 0.2) is 12.3 Å². The van der Waals surface area contributed by atoms with Crippen LogP contribution < -0.4 is 0 Å². The molecule has 0 aromatic carbocycles. The molecule has 1 atom stereocenters. The lowest BCUT2D eigenvalue weighted by atomic mass is 10.3. The van der Waals surface area contributed by atoms with Crippen molar-refractivity contribution in [3.05, 3.63) is 18.0 Å². The largest absolute Gasteiger partial charge is 0.468 e. The second-order valence-corrected chi connectivity index (χ2v) is 4.83. The van der Waals surface area contributed by atoms with Gasteiger partial charge in [0.25, 0.3) is 0 Å². The molecule has 0 spiro atoms. The van der Waals surface area contributed by atoms with Crippen LogP contribution in [0.1, 0.15) is 45.3 Å². The molecule has 0 aliphatic heterocycles. The number of rotatable bonds is 8. The predicted octanol–water partition coefficient (Wildman–Crippen LogP) is 2.24. The topological polar surface area (TPSA) is 47.4 Å². The number of aromatic nitrogens is 2. The lowest BCUT2D eigenvalue weighted by Gasteiger charge is -2.19. The van der Waals surface area contributed by atoms with Gasteiger partial charge in [0, 0.05) is 18.8 Å². The van der Waals surface area contributed by atoms with Crippen LogP contribution in [0.4, 0.5) is 0 Å². The molecule has 1 aromatic heterocycles. The van der Waals surface area contributed by atoms with Gasteiger partial charge in [0.1, 0.15) is 0 Å². The van der Waals surface area contributed by atoms with Gasteiger partial charge in [0.2, 0.25) is 0 Å². The normalized spacial score (nSPS) is 12.7. The quantitative estimate of drug-likeness (QED) is 0.678. The summed E-state index contributed by atoms with van der Waals surface area (Å²) in [5.74, 6) is -0.199. The molecule has 1 unspecified atom stereocenters. The van der Waals surface area contributed by atoms with Gasteiger partial charge in [-0.1, -0.05) is 13.8 Å². The average Bonchev–Trinajstić information content (AvgIpc) is 2.86. The summed E-state index contributed by atoms with van der Waals surface area (Å²) in [5.41, 5.74) is 0.998. The van der Waals surface area contributed by atoms with Gasteiger partial charge in [-0.05, 0) is 32.4 Å². The Morgan fingerprint density at radius 3 is 2.84 bits per heavy atom. The van der Waals surface area contributed by atoms with E-state index in [0.717, 1.165) is 25.1 Å². The number of methoxy groups -OCH3 is 1. The third kappa shape index (κ3) is 5.03. The zero-order valence-electron chi connectivity index (χ0n) is 12.4. The summed E-state index contributed by atoms with van der Waals surface area (Å²) in [7, 11) is 1.42. The van der Waals surface area contributed by atoms with Gasteiger partial charge in [-0.3, -0.25) is 14.4 Å². The average molecular weight is 267 g/mol. The van der Waals surface area contributed by atoms with Crippen molar-refractivity contribution < 1.29 is 9.53 Å². The standard InChI is InChI=1S/C14H25N3O2/c1-5-8-16(11-14(18)19-4)10-13-7-9-17(15-13)12(3)6-2/h7,9,12H,5-6,8,10-11H2,1-4H3. The first kappa shape index (κ1) is 15.7. The summed E-state index contributed by atoms with van der Waals surface area (Å²) in [6.07, 6.45) is 4.07. The van der Waals surface area contributed by atoms with Crippen LogP contribution in [0.25, 0.3) is 0 Å². The smallest absolute Gasteiger partial charge is 0.319 e. The summed E-state index contributed by atoms with van der Waals surface area (Å²) in [6, 6.07) is 2.43. The number of nitrogens with zero attached hydrogens (tertiary/aromatic N) is 3. The van der Waals surface area contributed by atoms with E-state index in [1.807, 2.05) is 16.9 Å². The van der Waals surface area contributed by atoms with Crippen molar-refractivity contribution in [3.8, 4) is 0 Å². The van der Waals surface area contributed by atoms with Crippen molar-refractivity contribution in [2.24, 2.45) is 0 Å². The van der Waals surface area contributed by atoms with E-state index >= 15 is 0 Å². The van der Waals surface area contributed by atoms with Crippen molar-refractivity contribution in [1.82, 2.24) is 14.7 Å². The molecule has 1 aromatic rings. The molecule has 19 heavy (non-hydrogen) atoms. The van der Waals surface area contributed by atoms with Gasteiger partial charge < -0.3 is 4.74 Å². The van der Waals surface area contributed by atoms with Gasteiger partial charge in [-0.25, -0.2) is 0 Å². The number of ether oxygens (including phenoxy) is 1. The van der Waals surface area contributed by atoms with Crippen LogP contribution in [0.2, 0.25) is 0 Å². The van der Waals surface area contributed by atoms with E-state index in [1.165, 1.54) is 7.11 Å². The van der Waals surface area contributed by atoms with Crippen LogP contribution in [-0.2, 0) is 16.1 Å². The molecule has 1 heterocycles. The maximum atomic E-state index is 11.4. The van der Waals surface area contributed by atoms with Crippen molar-refractivity contribution in [2.45, 2.75) is 46.2 Å². The minimum Gasteiger partial charge on any atom is -0.468 e.